The lowest BCUT2D eigenvalue weighted by Gasteiger charge is -2.43. The summed E-state index contributed by atoms with van der Waals surface area (Å²) in [7, 11) is 0. The molecule has 0 saturated carbocycles. The van der Waals surface area contributed by atoms with E-state index < -0.39 is 17.9 Å². The Morgan fingerprint density at radius 1 is 1.39 bits per heavy atom. The first-order valence-electron chi connectivity index (χ1n) is 10.5. The van der Waals surface area contributed by atoms with E-state index in [-0.39, 0.29) is 25.1 Å². The van der Waals surface area contributed by atoms with Crippen LogP contribution >= 0.6 is 0 Å². The SMILES string of the molecule is C[C@H]1[C@H](O)CN1c1nc(-c2ccc3c(c2)O[C@H](CO)CNC3=O)c2c(n1)C(C)(F)CC2. The van der Waals surface area contributed by atoms with Crippen molar-refractivity contribution in [3.05, 3.63) is 35.0 Å². The first-order valence-corrected chi connectivity index (χ1v) is 10.5. The second-order valence-electron chi connectivity index (χ2n) is 8.70. The first kappa shape index (κ1) is 20.1. The zero-order valence-corrected chi connectivity index (χ0v) is 17.4. The Bertz CT molecular complexity index is 1060. The first-order chi connectivity index (χ1) is 14.8. The minimum absolute atomic E-state index is 0.150. The molecule has 0 radical (unpaired) electrons. The van der Waals surface area contributed by atoms with Gasteiger partial charge in [0.15, 0.2) is 5.67 Å². The van der Waals surface area contributed by atoms with Crippen molar-refractivity contribution < 1.29 is 24.1 Å². The second-order valence-corrected chi connectivity index (χ2v) is 8.70. The summed E-state index contributed by atoms with van der Waals surface area (Å²) in [5, 5.41) is 22.2. The predicted octanol–water partition coefficient (Wildman–Crippen LogP) is 1.33. The van der Waals surface area contributed by atoms with Crippen LogP contribution in [0.5, 0.6) is 5.75 Å². The fourth-order valence-electron chi connectivity index (χ4n) is 4.42. The number of fused-ring (bicyclic) bond motifs is 2. The molecule has 9 heteroatoms. The summed E-state index contributed by atoms with van der Waals surface area (Å²) < 4.78 is 21.1. The number of aliphatic hydroxyl groups excluding tert-OH is 2. The van der Waals surface area contributed by atoms with Crippen LogP contribution in [0.2, 0.25) is 0 Å². The third kappa shape index (κ3) is 3.23. The van der Waals surface area contributed by atoms with E-state index in [4.69, 9.17) is 9.72 Å². The average Bonchev–Trinajstić information content (AvgIpc) is 2.97. The number of aromatic nitrogens is 2. The van der Waals surface area contributed by atoms with E-state index in [1.54, 1.807) is 18.2 Å². The van der Waals surface area contributed by atoms with E-state index in [1.165, 1.54) is 6.92 Å². The van der Waals surface area contributed by atoms with Crippen LogP contribution in [-0.2, 0) is 12.1 Å². The number of nitrogens with one attached hydrogen (secondary N) is 1. The summed E-state index contributed by atoms with van der Waals surface area (Å²) in [5.41, 5.74) is 1.24. The lowest BCUT2D eigenvalue weighted by Crippen LogP contribution is -2.59. The van der Waals surface area contributed by atoms with Crippen LogP contribution in [0.15, 0.2) is 18.2 Å². The number of hydrogen-bond donors (Lipinski definition) is 3. The molecule has 31 heavy (non-hydrogen) atoms. The molecule has 4 atom stereocenters. The highest BCUT2D eigenvalue weighted by Crippen LogP contribution is 2.44. The number of β-amino-alcohol motifs (C(OH)–C–C–N with tert-alkyl or cyclic N) is 1. The van der Waals surface area contributed by atoms with Crippen LogP contribution in [0.1, 0.15) is 41.9 Å². The van der Waals surface area contributed by atoms with E-state index >= 15 is 4.39 Å². The average molecular weight is 428 g/mol. The summed E-state index contributed by atoms with van der Waals surface area (Å²) in [6.45, 7) is 3.79. The normalized spacial score (nSPS) is 29.4. The number of nitrogens with zero attached hydrogens (tertiary/aromatic N) is 3. The van der Waals surface area contributed by atoms with Crippen LogP contribution in [0.25, 0.3) is 11.3 Å². The largest absolute Gasteiger partial charge is 0.485 e. The van der Waals surface area contributed by atoms with Gasteiger partial charge in [-0.15, -0.1) is 0 Å². The third-order valence-electron chi connectivity index (χ3n) is 6.51. The zero-order valence-electron chi connectivity index (χ0n) is 17.4. The minimum atomic E-state index is -1.56. The van der Waals surface area contributed by atoms with Gasteiger partial charge in [0.05, 0.1) is 42.2 Å². The standard InChI is InChI=1S/C22H25FN4O4/c1-11-16(29)9-27(11)21-25-18(15-5-6-22(2,23)19(15)26-21)12-3-4-14-17(7-12)31-13(10-28)8-24-20(14)30/h3-4,7,11,13,16,28-29H,5-6,8-10H2,1-2H3,(H,24,30)/t11-,13-,16+,22?/m0/s1. The van der Waals surface area contributed by atoms with Crippen molar-refractivity contribution in [3.63, 3.8) is 0 Å². The monoisotopic (exact) mass is 428 g/mol. The maximum Gasteiger partial charge on any atom is 0.255 e. The van der Waals surface area contributed by atoms with Crippen LogP contribution in [-0.4, -0.2) is 64.0 Å². The third-order valence-corrected chi connectivity index (χ3v) is 6.51. The topological polar surface area (TPSA) is 108 Å². The van der Waals surface area contributed by atoms with Gasteiger partial charge in [0.25, 0.3) is 5.91 Å². The number of halogens is 1. The number of amides is 1. The van der Waals surface area contributed by atoms with Crippen molar-refractivity contribution in [2.24, 2.45) is 0 Å². The van der Waals surface area contributed by atoms with Gasteiger partial charge in [-0.1, -0.05) is 6.07 Å². The molecule has 164 valence electrons. The Balaban J connectivity index is 1.63. The molecule has 5 rings (SSSR count). The van der Waals surface area contributed by atoms with Gasteiger partial charge in [-0.05, 0) is 38.8 Å². The maximum atomic E-state index is 15.3. The molecule has 8 nitrogen and oxygen atoms in total. The van der Waals surface area contributed by atoms with Crippen LogP contribution < -0.4 is 15.0 Å². The van der Waals surface area contributed by atoms with Crippen LogP contribution in [0.3, 0.4) is 0 Å². The number of carbonyl (C=O) groups excluding carboxylic acids is 1. The number of aliphatic hydroxyl groups is 2. The van der Waals surface area contributed by atoms with Gasteiger partial charge in [-0.25, -0.2) is 14.4 Å². The Hall–Kier alpha value is -2.78. The highest BCUT2D eigenvalue weighted by atomic mass is 19.1. The van der Waals surface area contributed by atoms with E-state index in [0.717, 1.165) is 5.56 Å². The fraction of sp³-hybridized carbons (Fsp3) is 0.500. The molecule has 1 aromatic heterocycles. The quantitative estimate of drug-likeness (QED) is 0.677. The number of alkyl halides is 1. The van der Waals surface area contributed by atoms with Crippen molar-refractivity contribution in [2.45, 2.75) is 50.6 Å². The van der Waals surface area contributed by atoms with Crippen LogP contribution in [0.4, 0.5) is 10.3 Å². The molecule has 1 amide bonds. The van der Waals surface area contributed by atoms with E-state index in [1.807, 2.05) is 11.8 Å². The fourth-order valence-corrected chi connectivity index (χ4v) is 4.42. The predicted molar refractivity (Wildman–Crippen MR) is 111 cm³/mol. The molecule has 0 bridgehead atoms. The number of carbonyl (C=O) groups is 1. The van der Waals surface area contributed by atoms with Crippen molar-refractivity contribution in [3.8, 4) is 17.0 Å². The molecule has 3 aliphatic rings. The van der Waals surface area contributed by atoms with Crippen molar-refractivity contribution in [2.75, 3.05) is 24.6 Å². The Morgan fingerprint density at radius 3 is 2.90 bits per heavy atom. The molecular weight excluding hydrogens is 403 g/mol. The van der Waals surface area contributed by atoms with E-state index in [0.29, 0.717) is 53.6 Å². The molecule has 1 fully saturated rings. The maximum absolute atomic E-state index is 15.3. The van der Waals surface area contributed by atoms with Crippen molar-refractivity contribution in [1.82, 2.24) is 15.3 Å². The lowest BCUT2D eigenvalue weighted by molar-refractivity contribution is 0.0929. The number of ether oxygens (including phenoxy) is 1. The van der Waals surface area contributed by atoms with Crippen molar-refractivity contribution in [1.29, 1.82) is 0 Å². The molecule has 1 saturated heterocycles. The van der Waals surface area contributed by atoms with Gasteiger partial charge in [-0.3, -0.25) is 4.79 Å². The van der Waals surface area contributed by atoms with Crippen molar-refractivity contribution >= 4 is 11.9 Å². The zero-order chi connectivity index (χ0) is 21.9. The van der Waals surface area contributed by atoms with Crippen LogP contribution in [0, 0.1) is 0 Å². The highest BCUT2D eigenvalue weighted by molar-refractivity contribution is 5.98. The minimum Gasteiger partial charge on any atom is -0.485 e. The molecular formula is C22H25FN4O4. The lowest BCUT2D eigenvalue weighted by atomic mass is 10.00. The summed E-state index contributed by atoms with van der Waals surface area (Å²) >= 11 is 0. The van der Waals surface area contributed by atoms with Gasteiger partial charge < -0.3 is 25.2 Å². The van der Waals surface area contributed by atoms with Gasteiger partial charge in [0, 0.05) is 17.7 Å². The van der Waals surface area contributed by atoms with Gasteiger partial charge in [-0.2, -0.15) is 0 Å². The summed E-state index contributed by atoms with van der Waals surface area (Å²) in [5.74, 6) is 0.471. The summed E-state index contributed by atoms with van der Waals surface area (Å²) in [6.07, 6.45) is -0.188. The Morgan fingerprint density at radius 2 is 2.19 bits per heavy atom. The van der Waals surface area contributed by atoms with Gasteiger partial charge >= 0.3 is 0 Å². The molecule has 3 N–H and O–H groups in total. The van der Waals surface area contributed by atoms with E-state index in [9.17, 15) is 15.0 Å². The highest BCUT2D eigenvalue weighted by Gasteiger charge is 2.42. The molecule has 3 heterocycles. The van der Waals surface area contributed by atoms with Gasteiger partial charge in [0.2, 0.25) is 5.95 Å². The molecule has 1 aromatic carbocycles. The van der Waals surface area contributed by atoms with Gasteiger partial charge in [0.1, 0.15) is 11.9 Å². The molecule has 1 unspecified atom stereocenters. The second kappa shape index (κ2) is 7.13. The Labute approximate surface area is 179 Å². The number of rotatable bonds is 3. The smallest absolute Gasteiger partial charge is 0.255 e. The Kier molecular flexibility index (Phi) is 4.63. The molecule has 1 aliphatic carbocycles. The summed E-state index contributed by atoms with van der Waals surface area (Å²) in [6, 6.07) is 5.00. The molecule has 2 aromatic rings. The molecule has 0 spiro atoms. The number of benzene rings is 1. The van der Waals surface area contributed by atoms with E-state index in [2.05, 4.69) is 10.3 Å². The molecule has 2 aliphatic heterocycles. The number of hydrogen-bond acceptors (Lipinski definition) is 7. The number of anilines is 1. The summed E-state index contributed by atoms with van der Waals surface area (Å²) in [4.78, 5) is 23.5.